The molecule has 3 heteroatoms. The second-order valence-corrected chi connectivity index (χ2v) is 4.00. The number of nitrogens with zero attached hydrogens (tertiary/aromatic N) is 1. The molecule has 17 heavy (non-hydrogen) atoms. The highest BCUT2D eigenvalue weighted by atomic mass is 19.1. The van der Waals surface area contributed by atoms with Gasteiger partial charge < -0.3 is 9.88 Å². The van der Waals surface area contributed by atoms with E-state index < -0.39 is 0 Å². The molecule has 1 heterocycles. The number of hydrogen-bond donors (Lipinski definition) is 1. The highest BCUT2D eigenvalue weighted by Gasteiger charge is 2.06. The summed E-state index contributed by atoms with van der Waals surface area (Å²) in [6.45, 7) is 3.86. The van der Waals surface area contributed by atoms with Gasteiger partial charge in [-0.15, -0.1) is 0 Å². The van der Waals surface area contributed by atoms with Gasteiger partial charge in [0.15, 0.2) is 0 Å². The number of hydrogen-bond acceptors (Lipinski definition) is 1. The molecule has 1 aromatic carbocycles. The lowest BCUT2D eigenvalue weighted by molar-refractivity contribution is 0.609. The van der Waals surface area contributed by atoms with Crippen molar-refractivity contribution in [2.45, 2.75) is 19.9 Å². The van der Waals surface area contributed by atoms with Crippen LogP contribution in [0.4, 0.5) is 4.39 Å². The summed E-state index contributed by atoms with van der Waals surface area (Å²) in [5.41, 5.74) is 1.68. The van der Waals surface area contributed by atoms with E-state index in [9.17, 15) is 4.39 Å². The molecule has 0 atom stereocenters. The number of nitrogens with one attached hydrogen (secondary N) is 1. The maximum Gasteiger partial charge on any atom is 0.147 e. The Morgan fingerprint density at radius 1 is 1.18 bits per heavy atom. The van der Waals surface area contributed by atoms with Crippen LogP contribution in [0, 0.1) is 5.82 Å². The van der Waals surface area contributed by atoms with Crippen molar-refractivity contribution in [3.63, 3.8) is 0 Å². The Kier molecular flexibility index (Phi) is 3.94. The van der Waals surface area contributed by atoms with Gasteiger partial charge in [-0.3, -0.25) is 0 Å². The van der Waals surface area contributed by atoms with Crippen LogP contribution in [0.15, 0.2) is 42.6 Å². The molecule has 2 rings (SSSR count). The van der Waals surface area contributed by atoms with Gasteiger partial charge in [-0.25, -0.2) is 4.39 Å². The van der Waals surface area contributed by atoms with Crippen LogP contribution in [0.2, 0.25) is 0 Å². The highest BCUT2D eigenvalue weighted by molar-refractivity contribution is 5.36. The van der Waals surface area contributed by atoms with Gasteiger partial charge in [0.2, 0.25) is 0 Å². The number of aromatic nitrogens is 1. The maximum absolute atomic E-state index is 13.7. The fourth-order valence-corrected chi connectivity index (χ4v) is 1.84. The third-order valence-corrected chi connectivity index (χ3v) is 2.68. The van der Waals surface area contributed by atoms with Crippen molar-refractivity contribution in [3.8, 4) is 5.69 Å². The van der Waals surface area contributed by atoms with E-state index in [1.165, 1.54) is 6.07 Å². The summed E-state index contributed by atoms with van der Waals surface area (Å²) in [7, 11) is 0. The lowest BCUT2D eigenvalue weighted by Crippen LogP contribution is -2.16. The number of para-hydroxylation sites is 1. The first-order valence-corrected chi connectivity index (χ1v) is 5.94. The van der Waals surface area contributed by atoms with E-state index in [4.69, 9.17) is 0 Å². The Hall–Kier alpha value is -1.61. The summed E-state index contributed by atoms with van der Waals surface area (Å²) in [5, 5.41) is 3.32. The summed E-state index contributed by atoms with van der Waals surface area (Å²) in [4.78, 5) is 0. The van der Waals surface area contributed by atoms with E-state index in [1.54, 1.807) is 12.1 Å². The van der Waals surface area contributed by atoms with Gasteiger partial charge in [0.05, 0.1) is 5.69 Å². The normalized spacial score (nSPS) is 10.7. The average Bonchev–Trinajstić information content (AvgIpc) is 2.78. The first-order valence-electron chi connectivity index (χ1n) is 5.94. The van der Waals surface area contributed by atoms with Crippen LogP contribution in [-0.4, -0.2) is 11.1 Å². The molecule has 0 aliphatic carbocycles. The molecule has 0 saturated carbocycles. The van der Waals surface area contributed by atoms with Crippen LogP contribution in [0.5, 0.6) is 0 Å². The van der Waals surface area contributed by atoms with E-state index in [1.807, 2.05) is 29.0 Å². The average molecular weight is 232 g/mol. The topological polar surface area (TPSA) is 17.0 Å². The molecular formula is C14H17FN2. The summed E-state index contributed by atoms with van der Waals surface area (Å²) >= 11 is 0. The maximum atomic E-state index is 13.7. The van der Waals surface area contributed by atoms with Gasteiger partial charge in [0.1, 0.15) is 5.82 Å². The van der Waals surface area contributed by atoms with Crippen LogP contribution in [-0.2, 0) is 6.54 Å². The molecule has 0 amide bonds. The summed E-state index contributed by atoms with van der Waals surface area (Å²) in [6.07, 6.45) is 2.99. The summed E-state index contributed by atoms with van der Waals surface area (Å²) in [6, 6.07) is 10.8. The predicted octanol–water partition coefficient (Wildman–Crippen LogP) is 3.12. The molecule has 1 N–H and O–H groups in total. The van der Waals surface area contributed by atoms with Gasteiger partial charge >= 0.3 is 0 Å². The molecule has 2 aromatic rings. The van der Waals surface area contributed by atoms with Crippen molar-refractivity contribution in [1.82, 2.24) is 9.88 Å². The Morgan fingerprint density at radius 2 is 2.00 bits per heavy atom. The van der Waals surface area contributed by atoms with Crippen molar-refractivity contribution >= 4 is 0 Å². The predicted molar refractivity (Wildman–Crippen MR) is 67.7 cm³/mol. The zero-order chi connectivity index (χ0) is 12.1. The van der Waals surface area contributed by atoms with Gasteiger partial charge in [-0.2, -0.15) is 0 Å². The largest absolute Gasteiger partial charge is 0.317 e. The molecule has 0 spiro atoms. The molecule has 90 valence electrons. The molecule has 0 unspecified atom stereocenters. The molecule has 0 aliphatic heterocycles. The monoisotopic (exact) mass is 232 g/mol. The molecule has 0 radical (unpaired) electrons. The van der Waals surface area contributed by atoms with Crippen molar-refractivity contribution < 1.29 is 4.39 Å². The molecular weight excluding hydrogens is 215 g/mol. The van der Waals surface area contributed by atoms with Crippen LogP contribution in [0.3, 0.4) is 0 Å². The van der Waals surface area contributed by atoms with E-state index in [2.05, 4.69) is 12.2 Å². The Bertz CT molecular complexity index is 477. The molecule has 0 fully saturated rings. The summed E-state index contributed by atoms with van der Waals surface area (Å²) < 4.78 is 15.6. The fraction of sp³-hybridized carbons (Fsp3) is 0.286. The van der Waals surface area contributed by atoms with E-state index >= 15 is 0 Å². The smallest absolute Gasteiger partial charge is 0.147 e. The fourth-order valence-electron chi connectivity index (χ4n) is 1.84. The highest BCUT2D eigenvalue weighted by Crippen LogP contribution is 2.16. The van der Waals surface area contributed by atoms with Crippen molar-refractivity contribution in [3.05, 3.63) is 54.1 Å². The standard InChI is InChI=1S/C14H17FN2/c1-2-9-16-11-12-6-5-10-17(12)14-8-4-3-7-13(14)15/h3-8,10,16H,2,9,11H2,1H3. The SMILES string of the molecule is CCCNCc1cccn1-c1ccccc1F. The van der Waals surface area contributed by atoms with Gasteiger partial charge in [0.25, 0.3) is 0 Å². The molecule has 2 nitrogen and oxygen atoms in total. The molecule has 0 aliphatic rings. The zero-order valence-corrected chi connectivity index (χ0v) is 9.99. The lowest BCUT2D eigenvalue weighted by Gasteiger charge is -2.10. The quantitative estimate of drug-likeness (QED) is 0.784. The number of rotatable bonds is 5. The third-order valence-electron chi connectivity index (χ3n) is 2.68. The minimum Gasteiger partial charge on any atom is -0.317 e. The minimum atomic E-state index is -0.194. The molecule has 0 saturated heterocycles. The van der Waals surface area contributed by atoms with Gasteiger partial charge in [-0.05, 0) is 37.2 Å². The van der Waals surface area contributed by atoms with Crippen molar-refractivity contribution in [2.75, 3.05) is 6.54 Å². The van der Waals surface area contributed by atoms with E-state index in [-0.39, 0.29) is 5.82 Å². The minimum absolute atomic E-state index is 0.194. The Balaban J connectivity index is 2.22. The Morgan fingerprint density at radius 3 is 2.76 bits per heavy atom. The van der Waals surface area contributed by atoms with Crippen LogP contribution in [0.25, 0.3) is 5.69 Å². The molecule has 1 aromatic heterocycles. The van der Waals surface area contributed by atoms with Gasteiger partial charge in [0, 0.05) is 18.4 Å². The summed E-state index contributed by atoms with van der Waals surface area (Å²) in [5.74, 6) is -0.194. The van der Waals surface area contributed by atoms with Crippen molar-refractivity contribution in [2.24, 2.45) is 0 Å². The molecule has 0 bridgehead atoms. The first-order chi connectivity index (χ1) is 8.33. The number of benzene rings is 1. The Labute approximate surface area is 101 Å². The first kappa shape index (κ1) is 11.9. The number of halogens is 1. The van der Waals surface area contributed by atoms with Crippen LogP contribution < -0.4 is 5.32 Å². The van der Waals surface area contributed by atoms with Crippen LogP contribution in [0.1, 0.15) is 19.0 Å². The van der Waals surface area contributed by atoms with E-state index in [0.29, 0.717) is 5.69 Å². The second kappa shape index (κ2) is 5.64. The zero-order valence-electron chi connectivity index (χ0n) is 9.99. The second-order valence-electron chi connectivity index (χ2n) is 4.00. The van der Waals surface area contributed by atoms with Crippen molar-refractivity contribution in [1.29, 1.82) is 0 Å². The van der Waals surface area contributed by atoms with Crippen LogP contribution >= 0.6 is 0 Å². The lowest BCUT2D eigenvalue weighted by atomic mass is 10.3. The van der Waals surface area contributed by atoms with E-state index in [0.717, 1.165) is 25.2 Å². The van der Waals surface area contributed by atoms with Gasteiger partial charge in [-0.1, -0.05) is 19.1 Å². The third kappa shape index (κ3) is 2.74.